The van der Waals surface area contributed by atoms with Gasteiger partial charge in [0.2, 0.25) is 0 Å². The summed E-state index contributed by atoms with van der Waals surface area (Å²) in [4.78, 5) is 10.5. The van der Waals surface area contributed by atoms with Crippen LogP contribution in [-0.4, -0.2) is 19.5 Å². The predicted octanol–water partition coefficient (Wildman–Crippen LogP) is 0.540. The molecule has 0 aromatic rings. The molecule has 4 heteroatoms. The molecule has 0 unspecified atom stereocenters. The maximum atomic E-state index is 10.5. The van der Waals surface area contributed by atoms with Crippen LogP contribution in [-0.2, 0) is 9.53 Å². The molecule has 0 rings (SSSR count). The molecule has 0 aromatic heterocycles. The van der Waals surface area contributed by atoms with Crippen molar-refractivity contribution in [3.8, 4) is 0 Å². The van der Waals surface area contributed by atoms with Crippen LogP contribution < -0.4 is 4.72 Å². The predicted molar refractivity (Wildman–Crippen MR) is 42.8 cm³/mol. The Morgan fingerprint density at radius 2 is 2.40 bits per heavy atom. The monoisotopic (exact) mass is 161 g/mol. The van der Waals surface area contributed by atoms with Crippen LogP contribution >= 0.6 is 12.8 Å². The number of hydrogen-bond acceptors (Lipinski definition) is 4. The smallest absolute Gasteiger partial charge is 0.154 e. The summed E-state index contributed by atoms with van der Waals surface area (Å²) in [6.07, 6.45) is 1.44. The molecule has 0 fully saturated rings. The first kappa shape index (κ1) is 9.52. The lowest BCUT2D eigenvalue weighted by Crippen LogP contribution is -2.07. The number of ketones is 1. The van der Waals surface area contributed by atoms with Crippen molar-refractivity contribution in [2.24, 2.45) is 0 Å². The summed E-state index contributed by atoms with van der Waals surface area (Å²) in [6.45, 7) is 1.85. The number of methoxy groups -OCH3 is 1. The lowest BCUT2D eigenvalue weighted by molar-refractivity contribution is -0.112. The van der Waals surface area contributed by atoms with Crippen LogP contribution in [0.3, 0.4) is 0 Å². The van der Waals surface area contributed by atoms with Gasteiger partial charge >= 0.3 is 0 Å². The molecule has 0 spiro atoms. The maximum absolute atomic E-state index is 10.5. The van der Waals surface area contributed by atoms with Gasteiger partial charge in [-0.05, 0) is 6.92 Å². The summed E-state index contributed by atoms with van der Waals surface area (Å²) < 4.78 is 7.31. The second-order valence-electron chi connectivity index (χ2n) is 1.83. The fraction of sp³-hybridized carbons (Fsp3) is 0.500. The standard InChI is InChI=1S/C6H11NO2S/c1-5(8)3-6(7-10)4-9-2/h3,7,10H,4H2,1-2H3/b6-3-. The zero-order valence-electron chi connectivity index (χ0n) is 6.05. The Balaban J connectivity index is 3.91. The van der Waals surface area contributed by atoms with Crippen LogP contribution in [0.25, 0.3) is 0 Å². The van der Waals surface area contributed by atoms with Gasteiger partial charge in [0, 0.05) is 13.2 Å². The minimum absolute atomic E-state index is 0.0198. The van der Waals surface area contributed by atoms with E-state index in [0.29, 0.717) is 12.3 Å². The Morgan fingerprint density at radius 1 is 1.80 bits per heavy atom. The summed E-state index contributed by atoms with van der Waals surface area (Å²) in [6, 6.07) is 0. The maximum Gasteiger partial charge on any atom is 0.154 e. The van der Waals surface area contributed by atoms with Crippen LogP contribution in [0, 0.1) is 0 Å². The van der Waals surface area contributed by atoms with Gasteiger partial charge in [-0.1, -0.05) is 12.8 Å². The van der Waals surface area contributed by atoms with Crippen molar-refractivity contribution < 1.29 is 9.53 Å². The molecule has 10 heavy (non-hydrogen) atoms. The average Bonchev–Trinajstić information content (AvgIpc) is 1.86. The van der Waals surface area contributed by atoms with Gasteiger partial charge in [0.05, 0.1) is 12.3 Å². The van der Waals surface area contributed by atoms with E-state index in [-0.39, 0.29) is 5.78 Å². The number of thiol groups is 1. The van der Waals surface area contributed by atoms with Crippen LogP contribution in [0.2, 0.25) is 0 Å². The second-order valence-corrected chi connectivity index (χ2v) is 2.05. The molecule has 0 bridgehead atoms. The van der Waals surface area contributed by atoms with Gasteiger partial charge in [0.1, 0.15) is 0 Å². The van der Waals surface area contributed by atoms with Gasteiger partial charge in [-0.15, -0.1) is 0 Å². The zero-order valence-corrected chi connectivity index (χ0v) is 6.94. The van der Waals surface area contributed by atoms with E-state index in [1.54, 1.807) is 7.11 Å². The summed E-state index contributed by atoms with van der Waals surface area (Å²) in [5.74, 6) is -0.0198. The number of carbonyl (C=O) groups excluding carboxylic acids is 1. The fourth-order valence-corrected chi connectivity index (χ4v) is 0.636. The number of hydrogen-bond donors (Lipinski definition) is 2. The van der Waals surface area contributed by atoms with Crippen LogP contribution in [0.4, 0.5) is 0 Å². The lowest BCUT2D eigenvalue weighted by atomic mass is 10.3. The van der Waals surface area contributed by atoms with Gasteiger partial charge in [-0.25, -0.2) is 0 Å². The minimum Gasteiger partial charge on any atom is -0.378 e. The lowest BCUT2D eigenvalue weighted by Gasteiger charge is -2.01. The molecule has 0 aromatic carbocycles. The highest BCUT2D eigenvalue weighted by Crippen LogP contribution is 1.90. The summed E-state index contributed by atoms with van der Waals surface area (Å²) in [7, 11) is 1.55. The number of allylic oxidation sites excluding steroid dienone is 1. The van der Waals surface area contributed by atoms with Crippen molar-refractivity contribution in [1.29, 1.82) is 0 Å². The average molecular weight is 161 g/mol. The first-order valence-electron chi connectivity index (χ1n) is 2.81. The third-order valence-corrected chi connectivity index (χ3v) is 1.11. The van der Waals surface area contributed by atoms with E-state index in [0.717, 1.165) is 0 Å². The molecular formula is C6H11NO2S. The Kier molecular flexibility index (Phi) is 5.06. The summed E-state index contributed by atoms with van der Waals surface area (Å²) in [5.41, 5.74) is 0.665. The SMILES string of the molecule is COC/C(=C/C(C)=O)NS. The molecule has 0 aliphatic carbocycles. The Bertz CT molecular complexity index is 145. The van der Waals surface area contributed by atoms with Crippen molar-refractivity contribution in [3.63, 3.8) is 0 Å². The highest BCUT2D eigenvalue weighted by atomic mass is 32.1. The van der Waals surface area contributed by atoms with Crippen LogP contribution in [0.5, 0.6) is 0 Å². The molecule has 58 valence electrons. The number of ether oxygens (including phenoxy) is 1. The molecule has 0 radical (unpaired) electrons. The van der Waals surface area contributed by atoms with E-state index in [4.69, 9.17) is 4.74 Å². The number of carbonyl (C=O) groups is 1. The molecule has 0 heterocycles. The highest BCUT2D eigenvalue weighted by molar-refractivity contribution is 7.78. The first-order valence-corrected chi connectivity index (χ1v) is 3.25. The van der Waals surface area contributed by atoms with Gasteiger partial charge in [-0.2, -0.15) is 0 Å². The van der Waals surface area contributed by atoms with Crippen molar-refractivity contribution >= 4 is 18.6 Å². The van der Waals surface area contributed by atoms with Crippen molar-refractivity contribution in [1.82, 2.24) is 4.72 Å². The van der Waals surface area contributed by atoms with Gasteiger partial charge in [0.25, 0.3) is 0 Å². The third kappa shape index (κ3) is 4.40. The largest absolute Gasteiger partial charge is 0.378 e. The van der Waals surface area contributed by atoms with E-state index in [1.807, 2.05) is 0 Å². The minimum atomic E-state index is -0.0198. The van der Waals surface area contributed by atoms with E-state index in [9.17, 15) is 4.79 Å². The van der Waals surface area contributed by atoms with E-state index in [2.05, 4.69) is 17.5 Å². The van der Waals surface area contributed by atoms with Gasteiger partial charge < -0.3 is 9.46 Å². The summed E-state index contributed by atoms with van der Waals surface area (Å²) in [5, 5.41) is 0. The molecule has 3 nitrogen and oxygen atoms in total. The number of rotatable bonds is 4. The normalized spacial score (nSPS) is 11.3. The molecule has 1 N–H and O–H groups in total. The van der Waals surface area contributed by atoms with E-state index in [1.165, 1.54) is 13.0 Å². The molecule has 0 atom stereocenters. The zero-order chi connectivity index (χ0) is 7.98. The number of nitrogens with one attached hydrogen (secondary N) is 1. The molecule has 0 amide bonds. The second kappa shape index (κ2) is 5.32. The molecule has 0 saturated carbocycles. The molecule has 0 saturated heterocycles. The van der Waals surface area contributed by atoms with E-state index >= 15 is 0 Å². The van der Waals surface area contributed by atoms with Crippen LogP contribution in [0.15, 0.2) is 11.8 Å². The van der Waals surface area contributed by atoms with Crippen molar-refractivity contribution in [2.45, 2.75) is 6.92 Å². The molecule has 0 aliphatic heterocycles. The quantitative estimate of drug-likeness (QED) is 0.467. The van der Waals surface area contributed by atoms with Crippen LogP contribution in [0.1, 0.15) is 6.92 Å². The Hall–Kier alpha value is -0.480. The molecule has 0 aliphatic rings. The fourth-order valence-electron chi connectivity index (χ4n) is 0.507. The first-order chi connectivity index (χ1) is 4.70. The van der Waals surface area contributed by atoms with Gasteiger partial charge in [-0.3, -0.25) is 4.79 Å². The highest BCUT2D eigenvalue weighted by Gasteiger charge is 1.93. The molecular weight excluding hydrogens is 150 g/mol. The van der Waals surface area contributed by atoms with Crippen molar-refractivity contribution in [2.75, 3.05) is 13.7 Å². The summed E-state index contributed by atoms with van der Waals surface area (Å²) >= 11 is 3.77. The van der Waals surface area contributed by atoms with E-state index < -0.39 is 0 Å². The third-order valence-electron chi connectivity index (χ3n) is 0.821. The Morgan fingerprint density at radius 3 is 2.70 bits per heavy atom. The van der Waals surface area contributed by atoms with Crippen molar-refractivity contribution in [3.05, 3.63) is 11.8 Å². The topological polar surface area (TPSA) is 38.3 Å². The Labute approximate surface area is 66.0 Å². The van der Waals surface area contributed by atoms with Gasteiger partial charge in [0.15, 0.2) is 5.78 Å².